The summed E-state index contributed by atoms with van der Waals surface area (Å²) in [5.41, 5.74) is 0.225. The van der Waals surface area contributed by atoms with Gasteiger partial charge in [-0.05, 0) is 26.0 Å². The molecule has 0 radical (unpaired) electrons. The Labute approximate surface area is 113 Å². The first-order chi connectivity index (χ1) is 9.09. The van der Waals surface area contributed by atoms with Gasteiger partial charge in [0.05, 0.1) is 5.56 Å². The summed E-state index contributed by atoms with van der Waals surface area (Å²) in [7, 11) is 1.99. The lowest BCUT2D eigenvalue weighted by atomic mass is 9.94. The third-order valence-electron chi connectivity index (χ3n) is 3.93. The summed E-state index contributed by atoms with van der Waals surface area (Å²) >= 11 is 0. The van der Waals surface area contributed by atoms with Crippen molar-refractivity contribution in [2.45, 2.75) is 44.7 Å². The van der Waals surface area contributed by atoms with Gasteiger partial charge in [-0.1, -0.05) is 31.4 Å². The van der Waals surface area contributed by atoms with Crippen LogP contribution < -0.4 is 0 Å². The summed E-state index contributed by atoms with van der Waals surface area (Å²) in [6.45, 7) is 0.470. The lowest BCUT2D eigenvalue weighted by Gasteiger charge is -2.31. The van der Waals surface area contributed by atoms with E-state index in [1.54, 1.807) is 12.1 Å². The molecule has 0 aliphatic heterocycles. The molecule has 19 heavy (non-hydrogen) atoms. The first-order valence-electron chi connectivity index (χ1n) is 6.80. The van der Waals surface area contributed by atoms with Gasteiger partial charge in [0.1, 0.15) is 5.82 Å². The van der Waals surface area contributed by atoms with E-state index in [-0.39, 0.29) is 5.56 Å². The van der Waals surface area contributed by atoms with Crippen LogP contribution in [0.4, 0.5) is 4.39 Å². The molecule has 1 aliphatic carbocycles. The minimum Gasteiger partial charge on any atom is -0.478 e. The lowest BCUT2D eigenvalue weighted by Crippen LogP contribution is -2.33. The van der Waals surface area contributed by atoms with Crippen LogP contribution in [-0.4, -0.2) is 29.1 Å². The lowest BCUT2D eigenvalue weighted by molar-refractivity contribution is 0.0691. The van der Waals surface area contributed by atoms with E-state index >= 15 is 0 Å². The molecule has 0 aromatic heterocycles. The Kier molecular flexibility index (Phi) is 4.53. The number of halogens is 1. The smallest absolute Gasteiger partial charge is 0.338 e. The highest BCUT2D eigenvalue weighted by Gasteiger charge is 2.20. The van der Waals surface area contributed by atoms with Crippen LogP contribution in [0.15, 0.2) is 18.2 Å². The van der Waals surface area contributed by atoms with Crippen LogP contribution in [0.1, 0.15) is 48.0 Å². The van der Waals surface area contributed by atoms with Crippen molar-refractivity contribution < 1.29 is 14.3 Å². The Balaban J connectivity index is 2.10. The molecule has 0 bridgehead atoms. The highest BCUT2D eigenvalue weighted by atomic mass is 19.1. The van der Waals surface area contributed by atoms with E-state index in [1.165, 1.54) is 25.3 Å². The molecular weight excluding hydrogens is 245 g/mol. The number of benzene rings is 1. The molecule has 0 heterocycles. The number of carboxylic acid groups (broad SMARTS) is 1. The zero-order valence-electron chi connectivity index (χ0n) is 11.2. The first kappa shape index (κ1) is 14.0. The number of carboxylic acids is 1. The molecule has 0 amide bonds. The standard InChI is InChI=1S/C15H20FNO2/c1-17(12-7-3-2-4-8-12)10-11-6-5-9-13(14(11)16)15(18)19/h5-6,9,12H,2-4,7-8,10H2,1H3,(H,18,19). The number of hydrogen-bond acceptors (Lipinski definition) is 2. The SMILES string of the molecule is CN(Cc1cccc(C(=O)O)c1F)C1CCCCC1. The number of hydrogen-bond donors (Lipinski definition) is 1. The van der Waals surface area contributed by atoms with Gasteiger partial charge in [0.15, 0.2) is 0 Å². The molecule has 1 aliphatic rings. The third-order valence-corrected chi connectivity index (χ3v) is 3.93. The molecule has 1 saturated carbocycles. The zero-order chi connectivity index (χ0) is 13.8. The molecule has 104 valence electrons. The zero-order valence-corrected chi connectivity index (χ0v) is 11.2. The van der Waals surface area contributed by atoms with Gasteiger partial charge in [-0.25, -0.2) is 9.18 Å². The average molecular weight is 265 g/mol. The van der Waals surface area contributed by atoms with Crippen molar-refractivity contribution in [3.8, 4) is 0 Å². The molecule has 4 heteroatoms. The third kappa shape index (κ3) is 3.32. The Morgan fingerprint density at radius 2 is 2.05 bits per heavy atom. The Bertz CT molecular complexity index is 455. The van der Waals surface area contributed by atoms with Crippen molar-refractivity contribution in [1.82, 2.24) is 4.90 Å². The second-order valence-corrected chi connectivity index (χ2v) is 5.29. The van der Waals surface area contributed by atoms with Crippen molar-refractivity contribution in [2.75, 3.05) is 7.05 Å². The van der Waals surface area contributed by atoms with E-state index in [9.17, 15) is 9.18 Å². The maximum absolute atomic E-state index is 14.0. The van der Waals surface area contributed by atoms with Gasteiger partial charge in [0.2, 0.25) is 0 Å². The fourth-order valence-corrected chi connectivity index (χ4v) is 2.79. The molecule has 0 unspecified atom stereocenters. The minimum absolute atomic E-state index is 0.241. The second-order valence-electron chi connectivity index (χ2n) is 5.29. The maximum atomic E-state index is 14.0. The summed E-state index contributed by atoms with van der Waals surface area (Å²) in [4.78, 5) is 13.0. The largest absolute Gasteiger partial charge is 0.478 e. The summed E-state index contributed by atoms with van der Waals surface area (Å²) in [6.07, 6.45) is 6.04. The minimum atomic E-state index is -1.21. The van der Waals surface area contributed by atoms with Crippen LogP contribution in [0, 0.1) is 5.82 Å². The topological polar surface area (TPSA) is 40.5 Å². The van der Waals surface area contributed by atoms with Crippen LogP contribution >= 0.6 is 0 Å². The van der Waals surface area contributed by atoms with Crippen molar-refractivity contribution in [2.24, 2.45) is 0 Å². The molecule has 1 aromatic carbocycles. The van der Waals surface area contributed by atoms with Crippen molar-refractivity contribution in [3.05, 3.63) is 35.1 Å². The van der Waals surface area contributed by atoms with Crippen molar-refractivity contribution in [1.29, 1.82) is 0 Å². The van der Waals surface area contributed by atoms with Gasteiger partial charge in [-0.2, -0.15) is 0 Å². The normalized spacial score (nSPS) is 16.8. The second kappa shape index (κ2) is 6.15. The molecular formula is C15H20FNO2. The molecule has 0 atom stereocenters. The van der Waals surface area contributed by atoms with E-state index in [4.69, 9.17) is 5.11 Å². The van der Waals surface area contributed by atoms with Crippen LogP contribution in [0.25, 0.3) is 0 Å². The summed E-state index contributed by atoms with van der Waals surface area (Å²) < 4.78 is 14.0. The Hall–Kier alpha value is -1.42. The molecule has 1 aromatic rings. The summed E-state index contributed by atoms with van der Waals surface area (Å²) in [6, 6.07) is 5.07. The van der Waals surface area contributed by atoms with Crippen LogP contribution in [0.2, 0.25) is 0 Å². The quantitative estimate of drug-likeness (QED) is 0.908. The van der Waals surface area contributed by atoms with E-state index < -0.39 is 11.8 Å². The monoisotopic (exact) mass is 265 g/mol. The number of rotatable bonds is 4. The van der Waals surface area contributed by atoms with Gasteiger partial charge < -0.3 is 5.11 Å². The number of aromatic carboxylic acids is 1. The van der Waals surface area contributed by atoms with Gasteiger partial charge in [0.25, 0.3) is 0 Å². The van der Waals surface area contributed by atoms with Crippen molar-refractivity contribution >= 4 is 5.97 Å². The van der Waals surface area contributed by atoms with Gasteiger partial charge in [-0.15, -0.1) is 0 Å². The molecule has 1 fully saturated rings. The molecule has 0 saturated heterocycles. The summed E-state index contributed by atoms with van der Waals surface area (Å²) in [5.74, 6) is -1.81. The first-order valence-corrected chi connectivity index (χ1v) is 6.80. The Morgan fingerprint density at radius 3 is 2.68 bits per heavy atom. The van der Waals surface area contributed by atoms with Gasteiger partial charge >= 0.3 is 5.97 Å². The van der Waals surface area contributed by atoms with E-state index in [1.807, 2.05) is 7.05 Å². The maximum Gasteiger partial charge on any atom is 0.338 e. The molecule has 0 spiro atoms. The molecule has 1 N–H and O–H groups in total. The Morgan fingerprint density at radius 1 is 1.37 bits per heavy atom. The van der Waals surface area contributed by atoms with Crippen LogP contribution in [0.5, 0.6) is 0 Å². The fraction of sp³-hybridized carbons (Fsp3) is 0.533. The van der Waals surface area contributed by atoms with E-state index in [2.05, 4.69) is 4.90 Å². The predicted molar refractivity (Wildman–Crippen MR) is 71.7 cm³/mol. The van der Waals surface area contributed by atoms with Gasteiger partial charge in [0, 0.05) is 18.2 Å². The molecule has 3 nitrogen and oxygen atoms in total. The average Bonchev–Trinajstić information content (AvgIpc) is 2.41. The van der Waals surface area contributed by atoms with E-state index in [0.717, 1.165) is 12.8 Å². The predicted octanol–water partition coefficient (Wildman–Crippen LogP) is 3.29. The van der Waals surface area contributed by atoms with Gasteiger partial charge in [-0.3, -0.25) is 4.90 Å². The molecule has 2 rings (SSSR count). The highest BCUT2D eigenvalue weighted by molar-refractivity contribution is 5.88. The fourth-order valence-electron chi connectivity index (χ4n) is 2.79. The highest BCUT2D eigenvalue weighted by Crippen LogP contribution is 2.24. The van der Waals surface area contributed by atoms with Crippen LogP contribution in [-0.2, 0) is 6.54 Å². The number of nitrogens with zero attached hydrogens (tertiary/aromatic N) is 1. The van der Waals surface area contributed by atoms with Crippen molar-refractivity contribution in [3.63, 3.8) is 0 Å². The van der Waals surface area contributed by atoms with E-state index in [0.29, 0.717) is 18.2 Å². The van der Waals surface area contributed by atoms with Crippen LogP contribution in [0.3, 0.4) is 0 Å². The number of carbonyl (C=O) groups is 1. The summed E-state index contributed by atoms with van der Waals surface area (Å²) in [5, 5.41) is 8.92.